The number of hydrogen-bond donors (Lipinski definition) is 1. The van der Waals surface area contributed by atoms with Gasteiger partial charge in [-0.25, -0.2) is 9.59 Å². The minimum atomic E-state index is -1.24. The largest absolute Gasteiger partial charge is 0.482 e. The van der Waals surface area contributed by atoms with Crippen LogP contribution in [0.15, 0.2) is 100 Å². The molecular weight excluding hydrogens is 610 g/mol. The Bertz CT molecular complexity index is 1880. The lowest BCUT2D eigenvalue weighted by atomic mass is 9.42. The van der Waals surface area contributed by atoms with Crippen molar-refractivity contribution in [3.05, 3.63) is 118 Å². The number of esters is 1. The van der Waals surface area contributed by atoms with E-state index < -0.39 is 52.4 Å². The summed E-state index contributed by atoms with van der Waals surface area (Å²) in [5.41, 5.74) is -0.822. The number of nitrogens with zero attached hydrogens (tertiary/aromatic N) is 1. The van der Waals surface area contributed by atoms with Gasteiger partial charge >= 0.3 is 11.6 Å². The number of aliphatic hydroxyl groups excluding tert-OH is 1. The number of carbonyl (C=O) groups excluding carboxylic acids is 1. The minimum absolute atomic E-state index is 0.0766. The predicted octanol–water partition coefficient (Wildman–Crippen LogP) is 6.67. The Morgan fingerprint density at radius 3 is 2.46 bits per heavy atom. The van der Waals surface area contributed by atoms with E-state index in [0.29, 0.717) is 30.6 Å². The third-order valence-electron chi connectivity index (χ3n) is 11.7. The molecule has 1 N–H and O–H groups in total. The highest BCUT2D eigenvalue weighted by molar-refractivity contribution is 5.89. The van der Waals surface area contributed by atoms with Gasteiger partial charge in [0, 0.05) is 40.9 Å². The van der Waals surface area contributed by atoms with Crippen molar-refractivity contribution >= 4 is 5.97 Å². The number of benzene rings is 2. The van der Waals surface area contributed by atoms with E-state index >= 15 is 0 Å². The first kappa shape index (κ1) is 31.0. The molecule has 4 aliphatic rings. The van der Waals surface area contributed by atoms with Crippen molar-refractivity contribution in [1.82, 2.24) is 4.98 Å². The molecule has 0 bridgehead atoms. The van der Waals surface area contributed by atoms with Crippen LogP contribution < -0.4 is 10.4 Å². The van der Waals surface area contributed by atoms with Crippen LogP contribution in [0.25, 0.3) is 11.3 Å². The number of carbonyl (C=O) groups is 1. The lowest BCUT2D eigenvalue weighted by Gasteiger charge is -2.67. The SMILES string of the molecule is C[C@]12CCC3OC(c4ccccc4)OC[C@@]3(C)[C@@H]1C[C@H](OC(=O)c1ccccc1)[C@@]1(C)Oc3cc(-c4cccnc4)oc(=O)c3[C@H](O)[C@H]21. The van der Waals surface area contributed by atoms with E-state index in [1.54, 1.807) is 54.9 Å². The molecule has 2 aromatic carbocycles. The minimum Gasteiger partial charge on any atom is -0.482 e. The van der Waals surface area contributed by atoms with Crippen LogP contribution in [0.2, 0.25) is 0 Å². The second kappa shape index (κ2) is 11.4. The number of aromatic nitrogens is 1. The van der Waals surface area contributed by atoms with Gasteiger partial charge in [0.1, 0.15) is 28.8 Å². The van der Waals surface area contributed by atoms with Crippen LogP contribution in [0.3, 0.4) is 0 Å². The summed E-state index contributed by atoms with van der Waals surface area (Å²) in [5.74, 6) is -0.727. The maximum absolute atomic E-state index is 13.7. The fourth-order valence-electron chi connectivity index (χ4n) is 9.41. The van der Waals surface area contributed by atoms with Crippen molar-refractivity contribution in [2.24, 2.45) is 22.7 Å². The first-order valence-electron chi connectivity index (χ1n) is 16.7. The van der Waals surface area contributed by atoms with E-state index in [9.17, 15) is 14.7 Å². The summed E-state index contributed by atoms with van der Waals surface area (Å²) in [4.78, 5) is 31.5. The van der Waals surface area contributed by atoms with Crippen molar-refractivity contribution in [2.45, 2.75) is 70.2 Å². The molecule has 4 heterocycles. The Hall–Kier alpha value is -4.31. The lowest BCUT2D eigenvalue weighted by Crippen LogP contribution is -2.71. The molecule has 48 heavy (non-hydrogen) atoms. The predicted molar refractivity (Wildman–Crippen MR) is 175 cm³/mol. The van der Waals surface area contributed by atoms with Gasteiger partial charge in [0.15, 0.2) is 6.29 Å². The van der Waals surface area contributed by atoms with E-state index in [1.807, 2.05) is 43.3 Å². The first-order chi connectivity index (χ1) is 23.1. The summed E-state index contributed by atoms with van der Waals surface area (Å²) in [6.45, 7) is 6.67. The van der Waals surface area contributed by atoms with Gasteiger partial charge in [0.25, 0.3) is 0 Å². The molecule has 9 nitrogen and oxygen atoms in total. The molecule has 2 aliphatic carbocycles. The van der Waals surface area contributed by atoms with Gasteiger partial charge in [0.05, 0.1) is 24.4 Å². The third kappa shape index (κ3) is 4.74. The average Bonchev–Trinajstić information content (AvgIpc) is 3.09. The molecule has 2 saturated carbocycles. The molecule has 8 rings (SSSR count). The molecule has 2 aromatic heterocycles. The Kier molecular flexibility index (Phi) is 7.36. The Morgan fingerprint density at radius 1 is 0.979 bits per heavy atom. The van der Waals surface area contributed by atoms with Crippen LogP contribution in [0.1, 0.15) is 73.9 Å². The van der Waals surface area contributed by atoms with Crippen molar-refractivity contribution in [1.29, 1.82) is 0 Å². The second-order valence-electron chi connectivity index (χ2n) is 14.4. The zero-order valence-corrected chi connectivity index (χ0v) is 27.2. The van der Waals surface area contributed by atoms with Crippen LogP contribution in [-0.4, -0.2) is 40.5 Å². The van der Waals surface area contributed by atoms with E-state index in [2.05, 4.69) is 18.8 Å². The van der Waals surface area contributed by atoms with Crippen LogP contribution in [0, 0.1) is 22.7 Å². The fraction of sp³-hybridized carbons (Fsp3) is 0.410. The lowest BCUT2D eigenvalue weighted by molar-refractivity contribution is -0.330. The van der Waals surface area contributed by atoms with E-state index in [0.717, 1.165) is 12.0 Å². The van der Waals surface area contributed by atoms with Gasteiger partial charge in [0.2, 0.25) is 0 Å². The molecule has 2 aliphatic heterocycles. The molecule has 0 spiro atoms. The van der Waals surface area contributed by atoms with Gasteiger partial charge in [-0.1, -0.05) is 62.4 Å². The summed E-state index contributed by atoms with van der Waals surface area (Å²) in [5, 5.41) is 12.4. The standard InChI is InChI=1S/C39H39NO8/c1-37-17-16-29-38(2,22-44-36(47-29)24-13-8-5-9-14-24)28(37)20-30(46-34(42)23-11-6-4-7-12-23)39(3)33(37)32(41)31-27(48-39)19-26(45-35(31)43)25-15-10-18-40-21-25/h4-15,18-19,21,28-30,32-33,36,41H,16-17,20,22H2,1-3H3/t28-,29?,30+,32+,33-,36?,37+,38+,39-/m1/s1. The zero-order valence-electron chi connectivity index (χ0n) is 27.2. The molecule has 4 aromatic rings. The highest BCUT2D eigenvalue weighted by Crippen LogP contribution is 2.68. The van der Waals surface area contributed by atoms with Gasteiger partial charge in [-0.05, 0) is 61.8 Å². The number of fused-ring (bicyclic) bond motifs is 6. The number of ether oxygens (including phenoxy) is 4. The summed E-state index contributed by atoms with van der Waals surface area (Å²) >= 11 is 0. The Balaban J connectivity index is 1.21. The molecule has 3 fully saturated rings. The molecule has 9 heteroatoms. The normalized spacial score (nSPS) is 35.2. The monoisotopic (exact) mass is 649 g/mol. The van der Waals surface area contributed by atoms with E-state index in [-0.39, 0.29) is 29.1 Å². The van der Waals surface area contributed by atoms with Gasteiger partial charge in [-0.3, -0.25) is 4.98 Å². The first-order valence-corrected chi connectivity index (χ1v) is 16.7. The Labute approximate surface area is 278 Å². The van der Waals surface area contributed by atoms with Crippen molar-refractivity contribution in [3.8, 4) is 17.1 Å². The highest BCUT2D eigenvalue weighted by Gasteiger charge is 2.71. The van der Waals surface area contributed by atoms with Crippen LogP contribution >= 0.6 is 0 Å². The average molecular weight is 650 g/mol. The fourth-order valence-corrected chi connectivity index (χ4v) is 9.41. The molecule has 2 unspecified atom stereocenters. The second-order valence-corrected chi connectivity index (χ2v) is 14.4. The number of hydrogen-bond acceptors (Lipinski definition) is 9. The quantitative estimate of drug-likeness (QED) is 0.242. The van der Waals surface area contributed by atoms with Crippen LogP contribution in [0.4, 0.5) is 0 Å². The van der Waals surface area contributed by atoms with Gasteiger partial charge in [-0.2, -0.15) is 0 Å². The molecular formula is C39H39NO8. The molecule has 9 atom stereocenters. The third-order valence-corrected chi connectivity index (χ3v) is 11.7. The maximum atomic E-state index is 13.7. The van der Waals surface area contributed by atoms with Crippen molar-refractivity contribution in [3.63, 3.8) is 0 Å². The summed E-state index contributed by atoms with van der Waals surface area (Å²) in [6.07, 6.45) is 2.49. The summed E-state index contributed by atoms with van der Waals surface area (Å²) < 4.78 is 32.1. The summed E-state index contributed by atoms with van der Waals surface area (Å²) in [7, 11) is 0. The van der Waals surface area contributed by atoms with Crippen LogP contribution in [0.5, 0.6) is 5.75 Å². The van der Waals surface area contributed by atoms with Crippen molar-refractivity contribution < 1.29 is 33.3 Å². The Morgan fingerprint density at radius 2 is 1.73 bits per heavy atom. The smallest absolute Gasteiger partial charge is 0.345 e. The number of pyridine rings is 1. The van der Waals surface area contributed by atoms with Gasteiger partial charge in [-0.15, -0.1) is 0 Å². The summed E-state index contributed by atoms with van der Waals surface area (Å²) in [6, 6.07) is 24.0. The molecule has 248 valence electrons. The highest BCUT2D eigenvalue weighted by atomic mass is 16.7. The molecule has 1 saturated heterocycles. The molecule has 0 radical (unpaired) electrons. The van der Waals surface area contributed by atoms with E-state index in [4.69, 9.17) is 23.4 Å². The topological polar surface area (TPSA) is 117 Å². The van der Waals surface area contributed by atoms with Crippen molar-refractivity contribution in [2.75, 3.05) is 6.61 Å². The number of rotatable bonds is 4. The molecule has 0 amide bonds. The van der Waals surface area contributed by atoms with Crippen LogP contribution in [-0.2, 0) is 14.2 Å². The maximum Gasteiger partial charge on any atom is 0.345 e. The zero-order chi connectivity index (χ0) is 33.3. The van der Waals surface area contributed by atoms with Gasteiger partial charge < -0.3 is 28.5 Å². The number of aliphatic hydroxyl groups is 1. The van der Waals surface area contributed by atoms with E-state index in [1.165, 1.54) is 0 Å².